The maximum Gasteiger partial charge on any atom is 0.308 e. The van der Waals surface area contributed by atoms with Gasteiger partial charge in [-0.1, -0.05) is 13.8 Å². The normalized spacial score (nSPS) is 20.0. The van der Waals surface area contributed by atoms with E-state index in [1.54, 1.807) is 21.7 Å². The van der Waals surface area contributed by atoms with Crippen LogP contribution in [0.1, 0.15) is 29.9 Å². The van der Waals surface area contributed by atoms with E-state index in [4.69, 9.17) is 0 Å². The van der Waals surface area contributed by atoms with Crippen molar-refractivity contribution in [3.8, 4) is 5.69 Å². The summed E-state index contributed by atoms with van der Waals surface area (Å²) in [5.41, 5.74) is 1.86. The molecule has 0 spiro atoms. The lowest BCUT2D eigenvalue weighted by molar-refractivity contribution is -0.142. The highest BCUT2D eigenvalue weighted by Crippen LogP contribution is 2.26. The van der Waals surface area contributed by atoms with Gasteiger partial charge in [-0.25, -0.2) is 9.07 Å². The Morgan fingerprint density at radius 2 is 1.96 bits per heavy atom. The summed E-state index contributed by atoms with van der Waals surface area (Å²) in [6.45, 7) is 4.39. The third-order valence-electron chi connectivity index (χ3n) is 4.72. The zero-order chi connectivity index (χ0) is 18.1. The predicted molar refractivity (Wildman–Crippen MR) is 89.1 cm³/mol. The number of aromatic nitrogens is 2. The SMILES string of the molecule is CCc1c(C(=O)N2C[C@@H](C)[C@H](C(=O)O)C2)cnn1-c1ccc(F)cc1. The van der Waals surface area contributed by atoms with Crippen molar-refractivity contribution in [1.82, 2.24) is 14.7 Å². The predicted octanol–water partition coefficient (Wildman–Crippen LogP) is 2.37. The first-order valence-electron chi connectivity index (χ1n) is 8.27. The molecule has 1 amide bonds. The molecule has 1 aromatic carbocycles. The number of carbonyl (C=O) groups excluding carboxylic acids is 1. The molecule has 132 valence electrons. The van der Waals surface area contributed by atoms with Gasteiger partial charge >= 0.3 is 5.97 Å². The fourth-order valence-corrected chi connectivity index (χ4v) is 3.32. The Morgan fingerprint density at radius 1 is 1.28 bits per heavy atom. The van der Waals surface area contributed by atoms with E-state index in [0.717, 1.165) is 5.69 Å². The monoisotopic (exact) mass is 345 g/mol. The van der Waals surface area contributed by atoms with Crippen LogP contribution >= 0.6 is 0 Å². The Hall–Kier alpha value is -2.70. The summed E-state index contributed by atoms with van der Waals surface area (Å²) >= 11 is 0. The lowest BCUT2D eigenvalue weighted by atomic mass is 9.99. The van der Waals surface area contributed by atoms with Crippen LogP contribution in [0.3, 0.4) is 0 Å². The molecule has 1 N–H and O–H groups in total. The number of rotatable bonds is 4. The quantitative estimate of drug-likeness (QED) is 0.923. The first-order chi connectivity index (χ1) is 11.9. The van der Waals surface area contributed by atoms with E-state index in [1.165, 1.54) is 18.3 Å². The van der Waals surface area contributed by atoms with Crippen molar-refractivity contribution in [3.05, 3.63) is 47.5 Å². The smallest absolute Gasteiger partial charge is 0.308 e. The number of likely N-dealkylation sites (tertiary alicyclic amines) is 1. The fourth-order valence-electron chi connectivity index (χ4n) is 3.32. The molecule has 2 heterocycles. The number of carbonyl (C=O) groups is 2. The van der Waals surface area contributed by atoms with Crippen molar-refractivity contribution in [2.75, 3.05) is 13.1 Å². The van der Waals surface area contributed by atoms with E-state index in [-0.39, 0.29) is 24.2 Å². The van der Waals surface area contributed by atoms with Crippen molar-refractivity contribution in [2.24, 2.45) is 11.8 Å². The lowest BCUT2D eigenvalue weighted by Crippen LogP contribution is -2.30. The van der Waals surface area contributed by atoms with Gasteiger partial charge in [0.05, 0.1) is 29.1 Å². The largest absolute Gasteiger partial charge is 0.481 e. The average Bonchev–Trinajstić information content (AvgIpc) is 3.18. The highest BCUT2D eigenvalue weighted by Gasteiger charge is 2.38. The molecule has 0 aliphatic carbocycles. The number of carboxylic acids is 1. The van der Waals surface area contributed by atoms with Crippen LogP contribution in [0, 0.1) is 17.7 Å². The van der Waals surface area contributed by atoms with Crippen LogP contribution < -0.4 is 0 Å². The third kappa shape index (κ3) is 3.14. The second-order valence-corrected chi connectivity index (χ2v) is 6.38. The molecule has 1 saturated heterocycles. The molecule has 7 heteroatoms. The number of aliphatic carboxylic acids is 1. The number of nitrogens with zero attached hydrogens (tertiary/aromatic N) is 3. The first-order valence-corrected chi connectivity index (χ1v) is 8.27. The minimum atomic E-state index is -0.875. The van der Waals surface area contributed by atoms with Gasteiger partial charge in [0.25, 0.3) is 5.91 Å². The summed E-state index contributed by atoms with van der Waals surface area (Å²) in [5, 5.41) is 13.5. The zero-order valence-electron chi connectivity index (χ0n) is 14.1. The van der Waals surface area contributed by atoms with E-state index in [9.17, 15) is 19.1 Å². The molecule has 0 bridgehead atoms. The fraction of sp³-hybridized carbons (Fsp3) is 0.389. The second-order valence-electron chi connectivity index (χ2n) is 6.38. The molecule has 25 heavy (non-hydrogen) atoms. The summed E-state index contributed by atoms with van der Waals surface area (Å²) in [5.74, 6) is -2.04. The van der Waals surface area contributed by atoms with E-state index in [1.807, 2.05) is 13.8 Å². The third-order valence-corrected chi connectivity index (χ3v) is 4.72. The molecule has 1 aromatic heterocycles. The number of amides is 1. The van der Waals surface area contributed by atoms with Gasteiger partial charge in [0.2, 0.25) is 0 Å². The summed E-state index contributed by atoms with van der Waals surface area (Å²) in [6.07, 6.45) is 2.08. The Labute approximate surface area is 144 Å². The summed E-state index contributed by atoms with van der Waals surface area (Å²) in [7, 11) is 0. The van der Waals surface area contributed by atoms with E-state index >= 15 is 0 Å². The van der Waals surface area contributed by atoms with Crippen LogP contribution in [0.25, 0.3) is 5.69 Å². The second kappa shape index (κ2) is 6.66. The average molecular weight is 345 g/mol. The number of hydrogen-bond acceptors (Lipinski definition) is 3. The molecule has 1 aliphatic heterocycles. The summed E-state index contributed by atoms with van der Waals surface area (Å²) in [4.78, 5) is 25.7. The Balaban J connectivity index is 1.89. The molecular formula is C18H20FN3O3. The number of benzene rings is 1. The van der Waals surface area contributed by atoms with Gasteiger partial charge < -0.3 is 10.0 Å². The van der Waals surface area contributed by atoms with Crippen LogP contribution in [0.15, 0.2) is 30.5 Å². The van der Waals surface area contributed by atoms with Crippen LogP contribution in [0.2, 0.25) is 0 Å². The van der Waals surface area contributed by atoms with Crippen molar-refractivity contribution in [3.63, 3.8) is 0 Å². The molecule has 2 atom stereocenters. The lowest BCUT2D eigenvalue weighted by Gasteiger charge is -2.16. The molecule has 6 nitrogen and oxygen atoms in total. The standard InChI is InChI=1S/C18H20FN3O3/c1-3-16-14(8-20-22(16)13-6-4-12(19)5-7-13)17(23)21-9-11(2)15(10-21)18(24)25/h4-8,11,15H,3,9-10H2,1-2H3,(H,24,25)/t11-,15-/m1/s1. The van der Waals surface area contributed by atoms with E-state index < -0.39 is 11.9 Å². The molecule has 1 fully saturated rings. The van der Waals surface area contributed by atoms with Gasteiger partial charge in [-0.05, 0) is 36.6 Å². The molecule has 0 radical (unpaired) electrons. The molecule has 1 aliphatic rings. The van der Waals surface area contributed by atoms with Crippen molar-refractivity contribution >= 4 is 11.9 Å². The van der Waals surface area contributed by atoms with Gasteiger partial charge in [-0.2, -0.15) is 5.10 Å². The Morgan fingerprint density at radius 3 is 2.52 bits per heavy atom. The minimum absolute atomic E-state index is 0.0846. The first kappa shape index (κ1) is 17.1. The summed E-state index contributed by atoms with van der Waals surface area (Å²) in [6, 6.07) is 5.90. The maximum absolute atomic E-state index is 13.1. The molecule has 2 aromatic rings. The molecular weight excluding hydrogens is 325 g/mol. The van der Waals surface area contributed by atoms with Crippen LogP contribution in [0.4, 0.5) is 4.39 Å². The van der Waals surface area contributed by atoms with Gasteiger partial charge in [0.15, 0.2) is 0 Å². The molecule has 3 rings (SSSR count). The number of halogens is 1. The highest BCUT2D eigenvalue weighted by molar-refractivity contribution is 5.96. The van der Waals surface area contributed by atoms with Crippen LogP contribution in [-0.2, 0) is 11.2 Å². The number of carboxylic acid groups (broad SMARTS) is 1. The Bertz CT molecular complexity index is 800. The maximum atomic E-state index is 13.1. The topological polar surface area (TPSA) is 75.4 Å². The minimum Gasteiger partial charge on any atom is -0.481 e. The molecule has 0 unspecified atom stereocenters. The van der Waals surface area contributed by atoms with Gasteiger partial charge in [-0.15, -0.1) is 0 Å². The zero-order valence-corrected chi connectivity index (χ0v) is 14.1. The number of hydrogen-bond donors (Lipinski definition) is 1. The van der Waals surface area contributed by atoms with Crippen molar-refractivity contribution in [1.29, 1.82) is 0 Å². The van der Waals surface area contributed by atoms with Crippen LogP contribution in [-0.4, -0.2) is 44.8 Å². The highest BCUT2D eigenvalue weighted by atomic mass is 19.1. The van der Waals surface area contributed by atoms with Crippen molar-refractivity contribution in [2.45, 2.75) is 20.3 Å². The van der Waals surface area contributed by atoms with Crippen molar-refractivity contribution < 1.29 is 19.1 Å². The van der Waals surface area contributed by atoms with Gasteiger partial charge in [-0.3, -0.25) is 9.59 Å². The van der Waals surface area contributed by atoms with Crippen LogP contribution in [0.5, 0.6) is 0 Å². The Kier molecular flexibility index (Phi) is 4.57. The van der Waals surface area contributed by atoms with Gasteiger partial charge in [0.1, 0.15) is 5.82 Å². The van der Waals surface area contributed by atoms with Gasteiger partial charge in [0, 0.05) is 13.1 Å². The summed E-state index contributed by atoms with van der Waals surface area (Å²) < 4.78 is 14.7. The van der Waals surface area contributed by atoms with E-state index in [0.29, 0.717) is 24.2 Å². The molecule has 0 saturated carbocycles. The van der Waals surface area contributed by atoms with E-state index in [2.05, 4.69) is 5.10 Å².